The average molecular weight is 369 g/mol. The van der Waals surface area contributed by atoms with E-state index >= 15 is 0 Å². The van der Waals surface area contributed by atoms with Gasteiger partial charge in [-0.25, -0.2) is 0 Å². The van der Waals surface area contributed by atoms with E-state index in [9.17, 15) is 4.79 Å². The number of anilines is 1. The van der Waals surface area contributed by atoms with Crippen molar-refractivity contribution in [3.05, 3.63) is 54.1 Å². The van der Waals surface area contributed by atoms with Crippen molar-refractivity contribution < 1.29 is 14.3 Å². The molecule has 1 N–H and O–H groups in total. The van der Waals surface area contributed by atoms with E-state index in [-0.39, 0.29) is 5.91 Å². The number of aromatic nitrogens is 2. The van der Waals surface area contributed by atoms with Crippen molar-refractivity contribution in [2.24, 2.45) is 0 Å². The molecule has 1 amide bonds. The van der Waals surface area contributed by atoms with Gasteiger partial charge in [0.15, 0.2) is 5.82 Å². The lowest BCUT2D eigenvalue weighted by atomic mass is 10.2. The van der Waals surface area contributed by atoms with Gasteiger partial charge in [-0.2, -0.15) is 9.36 Å². The molecule has 1 heterocycles. The van der Waals surface area contributed by atoms with Crippen LogP contribution in [0.25, 0.3) is 11.4 Å². The molecule has 3 aromatic rings. The molecule has 2 aromatic carbocycles. The summed E-state index contributed by atoms with van der Waals surface area (Å²) >= 11 is 1.14. The highest BCUT2D eigenvalue weighted by Crippen LogP contribution is 2.25. The van der Waals surface area contributed by atoms with E-state index in [2.05, 4.69) is 14.7 Å². The minimum atomic E-state index is -0.275. The number of hydrogen-bond donors (Lipinski definition) is 1. The normalized spacial score (nSPS) is 10.4. The number of hydrogen-bond acceptors (Lipinski definition) is 6. The molecule has 0 unspecified atom stereocenters. The predicted molar refractivity (Wildman–Crippen MR) is 102 cm³/mol. The lowest BCUT2D eigenvalue weighted by Crippen LogP contribution is -2.13. The number of rotatable bonds is 7. The van der Waals surface area contributed by atoms with E-state index in [1.54, 1.807) is 18.2 Å². The monoisotopic (exact) mass is 369 g/mol. The van der Waals surface area contributed by atoms with Crippen LogP contribution in [-0.4, -0.2) is 28.5 Å². The highest BCUT2D eigenvalue weighted by atomic mass is 32.1. The van der Waals surface area contributed by atoms with Crippen LogP contribution in [-0.2, 0) is 0 Å². The number of benzene rings is 2. The molecule has 0 spiro atoms. The van der Waals surface area contributed by atoms with E-state index in [0.717, 1.165) is 22.8 Å². The van der Waals surface area contributed by atoms with Crippen molar-refractivity contribution in [3.63, 3.8) is 0 Å². The summed E-state index contributed by atoms with van der Waals surface area (Å²) in [4.78, 5) is 16.9. The van der Waals surface area contributed by atoms with Crippen LogP contribution in [0.3, 0.4) is 0 Å². The Kier molecular flexibility index (Phi) is 5.80. The SMILES string of the molecule is CCOc1ccc(-c2nsc(NC(=O)c3ccccc3OCC)n2)cc1. The third kappa shape index (κ3) is 4.18. The zero-order valence-electron chi connectivity index (χ0n) is 14.6. The number of nitrogens with zero attached hydrogens (tertiary/aromatic N) is 2. The first kappa shape index (κ1) is 17.9. The number of carbonyl (C=O) groups is 1. The Morgan fingerprint density at radius 2 is 1.77 bits per heavy atom. The highest BCUT2D eigenvalue weighted by Gasteiger charge is 2.15. The standard InChI is InChI=1S/C19H19N3O3S/c1-3-24-14-11-9-13(10-12-14)17-20-19(26-22-17)21-18(23)15-7-5-6-8-16(15)25-4-2/h5-12H,3-4H2,1-2H3,(H,20,21,22,23). The molecular formula is C19H19N3O3S. The first-order valence-corrected chi connectivity index (χ1v) is 9.08. The topological polar surface area (TPSA) is 73.3 Å². The second-order valence-electron chi connectivity index (χ2n) is 5.26. The summed E-state index contributed by atoms with van der Waals surface area (Å²) in [6.45, 7) is 4.93. The van der Waals surface area contributed by atoms with Gasteiger partial charge in [0.05, 0.1) is 18.8 Å². The summed E-state index contributed by atoms with van der Waals surface area (Å²) in [5.41, 5.74) is 1.33. The predicted octanol–water partition coefficient (Wildman–Crippen LogP) is 4.25. The second kappa shape index (κ2) is 8.44. The Hall–Kier alpha value is -2.93. The molecule has 1 aromatic heterocycles. The molecule has 0 saturated carbocycles. The lowest BCUT2D eigenvalue weighted by Gasteiger charge is -2.08. The van der Waals surface area contributed by atoms with Crippen LogP contribution >= 0.6 is 11.5 Å². The molecule has 0 aliphatic carbocycles. The van der Waals surface area contributed by atoms with Crippen molar-refractivity contribution in [2.45, 2.75) is 13.8 Å². The number of ether oxygens (including phenoxy) is 2. The molecule has 0 atom stereocenters. The largest absolute Gasteiger partial charge is 0.494 e. The maximum atomic E-state index is 12.5. The molecule has 0 bridgehead atoms. The van der Waals surface area contributed by atoms with Gasteiger partial charge in [0.1, 0.15) is 11.5 Å². The molecule has 7 heteroatoms. The zero-order valence-corrected chi connectivity index (χ0v) is 15.4. The second-order valence-corrected chi connectivity index (χ2v) is 6.02. The van der Waals surface area contributed by atoms with Crippen molar-refractivity contribution in [3.8, 4) is 22.9 Å². The molecule has 0 radical (unpaired) electrons. The third-order valence-corrected chi connectivity index (χ3v) is 4.13. The minimum Gasteiger partial charge on any atom is -0.494 e. The van der Waals surface area contributed by atoms with E-state index in [0.29, 0.717) is 35.5 Å². The molecule has 0 fully saturated rings. The van der Waals surface area contributed by atoms with Gasteiger partial charge < -0.3 is 9.47 Å². The summed E-state index contributed by atoms with van der Waals surface area (Å²) in [6.07, 6.45) is 0. The van der Waals surface area contributed by atoms with Crippen LogP contribution in [0.2, 0.25) is 0 Å². The third-order valence-electron chi connectivity index (χ3n) is 3.50. The molecule has 134 valence electrons. The summed E-state index contributed by atoms with van der Waals surface area (Å²) in [5.74, 6) is 1.63. The molecule has 0 aliphatic rings. The fourth-order valence-electron chi connectivity index (χ4n) is 2.36. The zero-order chi connectivity index (χ0) is 18.4. The van der Waals surface area contributed by atoms with Crippen LogP contribution in [0, 0.1) is 0 Å². The van der Waals surface area contributed by atoms with Crippen LogP contribution in [0.1, 0.15) is 24.2 Å². The van der Waals surface area contributed by atoms with Crippen molar-refractivity contribution in [1.29, 1.82) is 0 Å². The van der Waals surface area contributed by atoms with E-state index < -0.39 is 0 Å². The summed E-state index contributed by atoms with van der Waals surface area (Å²) in [7, 11) is 0. The first-order chi connectivity index (χ1) is 12.7. The summed E-state index contributed by atoms with van der Waals surface area (Å²) in [5, 5.41) is 3.22. The van der Waals surface area contributed by atoms with Crippen molar-refractivity contribution >= 4 is 22.6 Å². The average Bonchev–Trinajstić information content (AvgIpc) is 3.12. The van der Waals surface area contributed by atoms with Crippen LogP contribution in [0.15, 0.2) is 48.5 Å². The van der Waals surface area contributed by atoms with Crippen LogP contribution in [0.4, 0.5) is 5.13 Å². The fraction of sp³-hybridized carbons (Fsp3) is 0.211. The van der Waals surface area contributed by atoms with E-state index in [1.165, 1.54) is 0 Å². The van der Waals surface area contributed by atoms with Gasteiger partial charge in [0.2, 0.25) is 5.13 Å². The Bertz CT molecular complexity index is 878. The summed E-state index contributed by atoms with van der Waals surface area (Å²) in [6, 6.07) is 14.6. The van der Waals surface area contributed by atoms with Gasteiger partial charge in [0.25, 0.3) is 5.91 Å². The van der Waals surface area contributed by atoms with E-state index in [4.69, 9.17) is 9.47 Å². The number of nitrogens with one attached hydrogen (secondary N) is 1. The van der Waals surface area contributed by atoms with Crippen molar-refractivity contribution in [2.75, 3.05) is 18.5 Å². The Labute approximate surface area is 156 Å². The van der Waals surface area contributed by atoms with Gasteiger partial charge in [-0.05, 0) is 50.2 Å². The molecule has 0 aliphatic heterocycles. The Morgan fingerprint density at radius 1 is 1.04 bits per heavy atom. The molecule has 26 heavy (non-hydrogen) atoms. The molecule has 3 rings (SSSR count). The number of para-hydroxylation sites is 1. The lowest BCUT2D eigenvalue weighted by molar-refractivity contribution is 0.102. The fourth-order valence-corrected chi connectivity index (χ4v) is 2.94. The maximum Gasteiger partial charge on any atom is 0.261 e. The summed E-state index contributed by atoms with van der Waals surface area (Å²) < 4.78 is 15.2. The van der Waals surface area contributed by atoms with Gasteiger partial charge in [-0.3, -0.25) is 10.1 Å². The number of carbonyl (C=O) groups excluding carboxylic acids is 1. The quantitative estimate of drug-likeness (QED) is 0.674. The minimum absolute atomic E-state index is 0.275. The first-order valence-electron chi connectivity index (χ1n) is 8.31. The van der Waals surface area contributed by atoms with Gasteiger partial charge in [0, 0.05) is 17.1 Å². The Balaban J connectivity index is 1.73. The van der Waals surface area contributed by atoms with E-state index in [1.807, 2.05) is 44.2 Å². The molecule has 6 nitrogen and oxygen atoms in total. The number of amides is 1. The highest BCUT2D eigenvalue weighted by molar-refractivity contribution is 7.10. The molecular weight excluding hydrogens is 350 g/mol. The van der Waals surface area contributed by atoms with Gasteiger partial charge in [-0.1, -0.05) is 12.1 Å². The van der Waals surface area contributed by atoms with Gasteiger partial charge >= 0.3 is 0 Å². The van der Waals surface area contributed by atoms with Crippen LogP contribution in [0.5, 0.6) is 11.5 Å². The van der Waals surface area contributed by atoms with Crippen molar-refractivity contribution in [1.82, 2.24) is 9.36 Å². The van der Waals surface area contributed by atoms with Gasteiger partial charge in [-0.15, -0.1) is 0 Å². The smallest absolute Gasteiger partial charge is 0.261 e. The molecule has 0 saturated heterocycles. The van der Waals surface area contributed by atoms with Crippen LogP contribution < -0.4 is 14.8 Å². The maximum absolute atomic E-state index is 12.5. The Morgan fingerprint density at radius 3 is 2.50 bits per heavy atom.